The number of pyridine rings is 1. The summed E-state index contributed by atoms with van der Waals surface area (Å²) in [5.41, 5.74) is 3.10. The molecule has 0 atom stereocenters. The van der Waals surface area contributed by atoms with Crippen LogP contribution in [0.1, 0.15) is 16.7 Å². The minimum Gasteiger partial charge on any atom is -0.489 e. The van der Waals surface area contributed by atoms with Crippen LogP contribution in [0.4, 0.5) is 0 Å². The van der Waals surface area contributed by atoms with Crippen LogP contribution in [-0.4, -0.2) is 4.98 Å². The van der Waals surface area contributed by atoms with E-state index in [0.717, 1.165) is 33.5 Å². The van der Waals surface area contributed by atoms with Gasteiger partial charge in [-0.1, -0.05) is 51.3 Å². The van der Waals surface area contributed by atoms with Crippen molar-refractivity contribution in [1.82, 2.24) is 10.3 Å². The highest BCUT2D eigenvalue weighted by Crippen LogP contribution is 2.26. The molecule has 0 spiro atoms. The summed E-state index contributed by atoms with van der Waals surface area (Å²) in [5.74, 6) is 0.818. The van der Waals surface area contributed by atoms with Crippen LogP contribution in [0, 0.1) is 0 Å². The Morgan fingerprint density at radius 1 is 1.00 bits per heavy atom. The molecule has 3 rings (SSSR count). The van der Waals surface area contributed by atoms with Crippen LogP contribution in [0.2, 0.25) is 10.0 Å². The molecule has 2 aromatic carbocycles. The average Bonchev–Trinajstić information content (AvgIpc) is 2.63. The molecule has 0 radical (unpaired) electrons. The lowest BCUT2D eigenvalue weighted by Gasteiger charge is -2.14. The van der Waals surface area contributed by atoms with Crippen molar-refractivity contribution in [3.63, 3.8) is 0 Å². The minimum absolute atomic E-state index is 0. The van der Waals surface area contributed by atoms with E-state index in [0.29, 0.717) is 23.2 Å². The van der Waals surface area contributed by atoms with Gasteiger partial charge in [0.05, 0.1) is 0 Å². The maximum Gasteiger partial charge on any atom is 0.124 e. The molecule has 3 aromatic rings. The summed E-state index contributed by atoms with van der Waals surface area (Å²) in [4.78, 5) is 4.13. The number of nitrogens with one attached hydrogen (secondary N) is 1. The number of halogens is 4. The topological polar surface area (TPSA) is 34.1 Å². The predicted molar refractivity (Wildman–Crippen MR) is 117 cm³/mol. The Balaban J connectivity index is 0.00000261. The largest absolute Gasteiger partial charge is 0.489 e. The number of ether oxygens (including phenoxy) is 1. The van der Waals surface area contributed by atoms with Crippen LogP contribution in [0.3, 0.4) is 0 Å². The van der Waals surface area contributed by atoms with E-state index < -0.39 is 0 Å². The molecule has 0 aliphatic heterocycles. The fourth-order valence-corrected chi connectivity index (χ4v) is 3.34. The molecule has 0 amide bonds. The Bertz CT molecular complexity index is 878. The van der Waals surface area contributed by atoms with E-state index in [-0.39, 0.29) is 12.4 Å². The summed E-state index contributed by atoms with van der Waals surface area (Å²) < 4.78 is 7.01. The van der Waals surface area contributed by atoms with Crippen molar-refractivity contribution in [3.05, 3.63) is 92.1 Å². The SMILES string of the molecule is Cl.Clc1ccc(COc2ccc(Br)cc2CNCc2cccnc2)c(Cl)c1. The zero-order chi connectivity index (χ0) is 18.4. The Kier molecular flexibility index (Phi) is 8.87. The molecule has 0 bridgehead atoms. The Morgan fingerprint density at radius 2 is 1.85 bits per heavy atom. The van der Waals surface area contributed by atoms with E-state index in [9.17, 15) is 0 Å². The van der Waals surface area contributed by atoms with Gasteiger partial charge in [-0.2, -0.15) is 0 Å². The second kappa shape index (κ2) is 10.9. The number of hydrogen-bond donors (Lipinski definition) is 1. The summed E-state index contributed by atoms with van der Waals surface area (Å²) in [6.45, 7) is 1.80. The first kappa shape index (κ1) is 22.0. The van der Waals surface area contributed by atoms with Crippen LogP contribution >= 0.6 is 51.5 Å². The van der Waals surface area contributed by atoms with Crippen LogP contribution < -0.4 is 10.1 Å². The first-order chi connectivity index (χ1) is 12.6. The molecule has 1 aromatic heterocycles. The summed E-state index contributed by atoms with van der Waals surface area (Å²) in [7, 11) is 0. The van der Waals surface area contributed by atoms with Gasteiger partial charge >= 0.3 is 0 Å². The lowest BCUT2D eigenvalue weighted by atomic mass is 10.2. The first-order valence-corrected chi connectivity index (χ1v) is 9.61. The predicted octanol–water partition coefficient (Wildman–Crippen LogP) is 6.44. The average molecular weight is 489 g/mol. The van der Waals surface area contributed by atoms with Crippen LogP contribution in [0.25, 0.3) is 0 Å². The highest BCUT2D eigenvalue weighted by atomic mass is 79.9. The van der Waals surface area contributed by atoms with Gasteiger partial charge in [0, 0.05) is 51.1 Å². The number of nitrogens with zero attached hydrogens (tertiary/aromatic N) is 1. The van der Waals surface area contributed by atoms with E-state index in [4.69, 9.17) is 27.9 Å². The molecule has 0 fully saturated rings. The van der Waals surface area contributed by atoms with Gasteiger partial charge in [0.1, 0.15) is 12.4 Å². The fraction of sp³-hybridized carbons (Fsp3) is 0.150. The molecule has 27 heavy (non-hydrogen) atoms. The quantitative estimate of drug-likeness (QED) is 0.415. The molecular formula is C20H18BrCl3N2O. The van der Waals surface area contributed by atoms with Gasteiger partial charge in [0.2, 0.25) is 0 Å². The van der Waals surface area contributed by atoms with Gasteiger partial charge in [-0.25, -0.2) is 0 Å². The maximum absolute atomic E-state index is 6.22. The summed E-state index contributed by atoms with van der Waals surface area (Å²) in [5, 5.41) is 4.63. The number of benzene rings is 2. The van der Waals surface area contributed by atoms with Crippen molar-refractivity contribution >= 4 is 51.5 Å². The van der Waals surface area contributed by atoms with E-state index in [2.05, 4.69) is 32.3 Å². The fourth-order valence-electron chi connectivity index (χ4n) is 2.47. The van der Waals surface area contributed by atoms with Crippen molar-refractivity contribution in [2.24, 2.45) is 0 Å². The highest BCUT2D eigenvalue weighted by molar-refractivity contribution is 9.10. The van der Waals surface area contributed by atoms with Crippen molar-refractivity contribution in [3.8, 4) is 5.75 Å². The molecule has 0 aliphatic carbocycles. The Labute approximate surface area is 183 Å². The van der Waals surface area contributed by atoms with Gasteiger partial charge in [0.25, 0.3) is 0 Å². The standard InChI is InChI=1S/C20H17BrCl2N2O.ClH/c21-17-4-6-20(26-13-15-3-5-18(22)9-19(15)23)16(8-17)12-25-11-14-2-1-7-24-10-14;/h1-10,25H,11-13H2;1H. The third kappa shape index (κ3) is 6.66. The van der Waals surface area contributed by atoms with Crippen LogP contribution in [0.15, 0.2) is 65.4 Å². The van der Waals surface area contributed by atoms with Crippen molar-refractivity contribution in [2.45, 2.75) is 19.7 Å². The van der Waals surface area contributed by atoms with Crippen LogP contribution in [-0.2, 0) is 19.7 Å². The Morgan fingerprint density at radius 3 is 2.59 bits per heavy atom. The molecule has 7 heteroatoms. The second-order valence-corrected chi connectivity index (χ2v) is 7.50. The molecular weight excluding hydrogens is 470 g/mol. The summed E-state index contributed by atoms with van der Waals surface area (Å²) in [6.07, 6.45) is 3.62. The molecule has 0 saturated carbocycles. The molecule has 3 nitrogen and oxygen atoms in total. The monoisotopic (exact) mass is 486 g/mol. The zero-order valence-electron chi connectivity index (χ0n) is 14.3. The van der Waals surface area contributed by atoms with Gasteiger partial charge in [-0.15, -0.1) is 12.4 Å². The van der Waals surface area contributed by atoms with E-state index >= 15 is 0 Å². The molecule has 1 heterocycles. The highest BCUT2D eigenvalue weighted by Gasteiger charge is 2.07. The maximum atomic E-state index is 6.22. The van der Waals surface area contributed by atoms with Crippen molar-refractivity contribution < 1.29 is 4.74 Å². The van der Waals surface area contributed by atoms with E-state index in [1.165, 1.54) is 0 Å². The van der Waals surface area contributed by atoms with Gasteiger partial charge in [-0.05, 0) is 42.0 Å². The lowest BCUT2D eigenvalue weighted by Crippen LogP contribution is -2.14. The molecule has 0 unspecified atom stereocenters. The zero-order valence-corrected chi connectivity index (χ0v) is 18.2. The smallest absolute Gasteiger partial charge is 0.124 e. The third-order valence-corrected chi connectivity index (χ3v) is 4.87. The van der Waals surface area contributed by atoms with Crippen molar-refractivity contribution in [2.75, 3.05) is 0 Å². The summed E-state index contributed by atoms with van der Waals surface area (Å²) in [6, 6.07) is 15.3. The van der Waals surface area contributed by atoms with E-state index in [1.807, 2.05) is 42.6 Å². The van der Waals surface area contributed by atoms with Crippen LogP contribution in [0.5, 0.6) is 5.75 Å². The van der Waals surface area contributed by atoms with Gasteiger partial charge in [-0.3, -0.25) is 4.98 Å². The normalized spacial score (nSPS) is 10.3. The number of hydrogen-bond acceptors (Lipinski definition) is 3. The molecule has 1 N–H and O–H groups in total. The van der Waals surface area contributed by atoms with E-state index in [1.54, 1.807) is 12.3 Å². The number of rotatable bonds is 7. The lowest BCUT2D eigenvalue weighted by molar-refractivity contribution is 0.302. The van der Waals surface area contributed by atoms with Crippen molar-refractivity contribution in [1.29, 1.82) is 0 Å². The first-order valence-electron chi connectivity index (χ1n) is 8.06. The minimum atomic E-state index is 0. The Hall–Kier alpha value is -1.30. The molecule has 142 valence electrons. The number of aromatic nitrogens is 1. The van der Waals surface area contributed by atoms with Gasteiger partial charge < -0.3 is 10.1 Å². The second-order valence-electron chi connectivity index (χ2n) is 5.74. The van der Waals surface area contributed by atoms with Gasteiger partial charge in [0.15, 0.2) is 0 Å². The molecule has 0 aliphatic rings. The molecule has 0 saturated heterocycles. The third-order valence-electron chi connectivity index (χ3n) is 3.79. The summed E-state index contributed by atoms with van der Waals surface area (Å²) >= 11 is 15.7.